The Balaban J connectivity index is 2.05. The summed E-state index contributed by atoms with van der Waals surface area (Å²) in [6.07, 6.45) is 2.20. The number of carbonyl (C=O) groups is 1. The molecule has 0 amide bonds. The highest BCUT2D eigenvalue weighted by Crippen LogP contribution is 2.26. The third-order valence-electron chi connectivity index (χ3n) is 3.86. The molecule has 1 aromatic carbocycles. The molecule has 1 fully saturated rings. The van der Waals surface area contributed by atoms with Gasteiger partial charge in [-0.25, -0.2) is 0 Å². The average Bonchev–Trinajstić information content (AvgIpc) is 2.39. The van der Waals surface area contributed by atoms with Gasteiger partial charge in [-0.05, 0) is 38.8 Å². The maximum Gasteiger partial charge on any atom is 0.134 e. The molecule has 1 aromatic rings. The van der Waals surface area contributed by atoms with Gasteiger partial charge in [-0.3, -0.25) is 9.69 Å². The molecular formula is C15H21NO. The van der Waals surface area contributed by atoms with Crippen molar-refractivity contribution in [2.24, 2.45) is 5.92 Å². The van der Waals surface area contributed by atoms with E-state index in [-0.39, 0.29) is 5.92 Å². The summed E-state index contributed by atoms with van der Waals surface area (Å²) in [6, 6.07) is 11.0. The quantitative estimate of drug-likeness (QED) is 0.797. The molecular weight excluding hydrogens is 210 g/mol. The van der Waals surface area contributed by atoms with Crippen LogP contribution in [0.15, 0.2) is 30.3 Å². The Labute approximate surface area is 104 Å². The molecule has 17 heavy (non-hydrogen) atoms. The van der Waals surface area contributed by atoms with E-state index in [1.807, 2.05) is 6.07 Å². The molecule has 0 saturated carbocycles. The molecule has 92 valence electrons. The van der Waals surface area contributed by atoms with Crippen molar-refractivity contribution in [2.45, 2.75) is 32.7 Å². The van der Waals surface area contributed by atoms with E-state index in [1.165, 1.54) is 5.56 Å². The molecule has 2 rings (SSSR count). The second-order valence-electron chi connectivity index (χ2n) is 5.03. The van der Waals surface area contributed by atoms with Crippen molar-refractivity contribution in [1.29, 1.82) is 0 Å². The molecule has 0 aliphatic carbocycles. The van der Waals surface area contributed by atoms with Crippen LogP contribution in [0.4, 0.5) is 0 Å². The fourth-order valence-electron chi connectivity index (χ4n) is 2.63. The highest BCUT2D eigenvalue weighted by molar-refractivity contribution is 5.78. The first kappa shape index (κ1) is 12.3. The van der Waals surface area contributed by atoms with Gasteiger partial charge < -0.3 is 0 Å². The molecule has 1 aliphatic heterocycles. The van der Waals surface area contributed by atoms with Gasteiger partial charge in [-0.2, -0.15) is 0 Å². The van der Waals surface area contributed by atoms with Gasteiger partial charge in [-0.1, -0.05) is 30.3 Å². The van der Waals surface area contributed by atoms with Crippen LogP contribution in [-0.2, 0) is 4.79 Å². The van der Waals surface area contributed by atoms with Crippen LogP contribution in [0.3, 0.4) is 0 Å². The van der Waals surface area contributed by atoms with Gasteiger partial charge in [0, 0.05) is 18.5 Å². The molecule has 2 heteroatoms. The minimum absolute atomic E-state index is 0.245. The number of carbonyl (C=O) groups excluding carboxylic acids is 1. The smallest absolute Gasteiger partial charge is 0.134 e. The van der Waals surface area contributed by atoms with Crippen molar-refractivity contribution in [1.82, 2.24) is 4.90 Å². The maximum absolute atomic E-state index is 11.5. The van der Waals surface area contributed by atoms with E-state index in [9.17, 15) is 4.79 Å². The van der Waals surface area contributed by atoms with Crippen molar-refractivity contribution in [3.8, 4) is 0 Å². The van der Waals surface area contributed by atoms with Gasteiger partial charge in [0.15, 0.2) is 0 Å². The number of Topliss-reactive ketones (excluding diaryl/α,β-unsaturated/α-hetero) is 1. The summed E-state index contributed by atoms with van der Waals surface area (Å²) < 4.78 is 0. The number of benzene rings is 1. The van der Waals surface area contributed by atoms with E-state index in [0.717, 1.165) is 25.9 Å². The molecule has 0 radical (unpaired) electrons. The van der Waals surface area contributed by atoms with Crippen LogP contribution in [0.5, 0.6) is 0 Å². The lowest BCUT2D eigenvalue weighted by Crippen LogP contribution is -2.39. The van der Waals surface area contributed by atoms with Gasteiger partial charge >= 0.3 is 0 Å². The Morgan fingerprint density at radius 1 is 1.35 bits per heavy atom. The van der Waals surface area contributed by atoms with E-state index in [2.05, 4.69) is 36.1 Å². The number of nitrogens with zero attached hydrogens (tertiary/aromatic N) is 1. The lowest BCUT2D eigenvalue weighted by atomic mass is 9.92. The van der Waals surface area contributed by atoms with Crippen molar-refractivity contribution >= 4 is 5.78 Å². The predicted molar refractivity (Wildman–Crippen MR) is 69.8 cm³/mol. The summed E-state index contributed by atoms with van der Waals surface area (Å²) in [5.41, 5.74) is 1.34. The summed E-state index contributed by atoms with van der Waals surface area (Å²) in [6.45, 7) is 5.99. The van der Waals surface area contributed by atoms with E-state index in [0.29, 0.717) is 11.8 Å². The summed E-state index contributed by atoms with van der Waals surface area (Å²) in [5, 5.41) is 0. The van der Waals surface area contributed by atoms with Crippen LogP contribution in [0.2, 0.25) is 0 Å². The van der Waals surface area contributed by atoms with Crippen molar-refractivity contribution in [3.63, 3.8) is 0 Å². The van der Waals surface area contributed by atoms with Crippen molar-refractivity contribution in [3.05, 3.63) is 35.9 Å². The molecule has 1 heterocycles. The zero-order chi connectivity index (χ0) is 12.3. The van der Waals surface area contributed by atoms with E-state index >= 15 is 0 Å². The monoisotopic (exact) mass is 231 g/mol. The van der Waals surface area contributed by atoms with Crippen LogP contribution in [0.25, 0.3) is 0 Å². The summed E-state index contributed by atoms with van der Waals surface area (Å²) in [5.74, 6) is 0.588. The summed E-state index contributed by atoms with van der Waals surface area (Å²) in [7, 11) is 0. The SMILES string of the molecule is CC(=O)C1CCCN(C(C)c2ccccc2)C1. The zero-order valence-electron chi connectivity index (χ0n) is 10.7. The largest absolute Gasteiger partial charge is 0.300 e. The molecule has 0 spiro atoms. The standard InChI is InChI=1S/C15H21NO/c1-12(14-7-4-3-5-8-14)16-10-6-9-15(11-16)13(2)17/h3-5,7-8,12,15H,6,9-11H2,1-2H3. The minimum Gasteiger partial charge on any atom is -0.300 e. The molecule has 2 atom stereocenters. The number of hydrogen-bond donors (Lipinski definition) is 0. The Kier molecular flexibility index (Phi) is 3.95. The number of likely N-dealkylation sites (tertiary alicyclic amines) is 1. The number of rotatable bonds is 3. The Bertz CT molecular complexity index is 374. The number of ketones is 1. The molecule has 1 aliphatic rings. The predicted octanol–water partition coefficient (Wildman–Crippen LogP) is 3.05. The Morgan fingerprint density at radius 2 is 2.06 bits per heavy atom. The maximum atomic E-state index is 11.5. The summed E-state index contributed by atoms with van der Waals surface area (Å²) in [4.78, 5) is 13.9. The number of piperidine rings is 1. The molecule has 0 bridgehead atoms. The lowest BCUT2D eigenvalue weighted by molar-refractivity contribution is -0.122. The van der Waals surface area contributed by atoms with Crippen molar-refractivity contribution in [2.75, 3.05) is 13.1 Å². The first-order chi connectivity index (χ1) is 8.18. The molecule has 0 N–H and O–H groups in total. The first-order valence-electron chi connectivity index (χ1n) is 6.48. The fourth-order valence-corrected chi connectivity index (χ4v) is 2.63. The lowest BCUT2D eigenvalue weighted by Gasteiger charge is -2.36. The van der Waals surface area contributed by atoms with Crippen molar-refractivity contribution < 1.29 is 4.79 Å². The molecule has 1 saturated heterocycles. The van der Waals surface area contributed by atoms with Gasteiger partial charge in [0.1, 0.15) is 5.78 Å². The van der Waals surface area contributed by atoms with Crippen LogP contribution >= 0.6 is 0 Å². The van der Waals surface area contributed by atoms with Crippen LogP contribution < -0.4 is 0 Å². The third-order valence-corrected chi connectivity index (χ3v) is 3.86. The van der Waals surface area contributed by atoms with Crippen LogP contribution in [0, 0.1) is 5.92 Å². The zero-order valence-corrected chi connectivity index (χ0v) is 10.7. The minimum atomic E-state index is 0.245. The Hall–Kier alpha value is -1.15. The van der Waals surface area contributed by atoms with E-state index in [1.54, 1.807) is 6.92 Å². The second kappa shape index (κ2) is 5.46. The van der Waals surface area contributed by atoms with Gasteiger partial charge in [0.25, 0.3) is 0 Å². The van der Waals surface area contributed by atoms with Crippen LogP contribution in [0.1, 0.15) is 38.3 Å². The fraction of sp³-hybridized carbons (Fsp3) is 0.533. The van der Waals surface area contributed by atoms with E-state index < -0.39 is 0 Å². The normalized spacial score (nSPS) is 23.3. The average molecular weight is 231 g/mol. The van der Waals surface area contributed by atoms with Gasteiger partial charge in [0.2, 0.25) is 0 Å². The highest BCUT2D eigenvalue weighted by atomic mass is 16.1. The second-order valence-corrected chi connectivity index (χ2v) is 5.03. The Morgan fingerprint density at radius 3 is 2.71 bits per heavy atom. The molecule has 2 unspecified atom stereocenters. The highest BCUT2D eigenvalue weighted by Gasteiger charge is 2.26. The van der Waals surface area contributed by atoms with E-state index in [4.69, 9.17) is 0 Å². The van der Waals surface area contributed by atoms with Gasteiger partial charge in [0.05, 0.1) is 0 Å². The van der Waals surface area contributed by atoms with Gasteiger partial charge in [-0.15, -0.1) is 0 Å². The van der Waals surface area contributed by atoms with Crippen LogP contribution in [-0.4, -0.2) is 23.8 Å². The summed E-state index contributed by atoms with van der Waals surface area (Å²) >= 11 is 0. The topological polar surface area (TPSA) is 20.3 Å². The first-order valence-corrected chi connectivity index (χ1v) is 6.48. The molecule has 0 aromatic heterocycles. The number of hydrogen-bond acceptors (Lipinski definition) is 2. The molecule has 2 nitrogen and oxygen atoms in total. The third kappa shape index (κ3) is 2.95.